The fourth-order valence-corrected chi connectivity index (χ4v) is 1.82. The van der Waals surface area contributed by atoms with Crippen molar-refractivity contribution in [2.24, 2.45) is 4.99 Å². The van der Waals surface area contributed by atoms with E-state index < -0.39 is 12.1 Å². The monoisotopic (exact) mass is 301 g/mol. The summed E-state index contributed by atoms with van der Waals surface area (Å²) in [5.41, 5.74) is 1.68. The Morgan fingerprint density at radius 3 is 2.52 bits per heavy atom. The van der Waals surface area contributed by atoms with Crippen molar-refractivity contribution in [2.45, 2.75) is 17.9 Å². The molecule has 5 heteroatoms. The summed E-state index contributed by atoms with van der Waals surface area (Å²) >= 11 is 4.33. The van der Waals surface area contributed by atoms with Gasteiger partial charge in [-0.2, -0.15) is 0 Å². The molecule has 0 bridgehead atoms. The molecule has 1 atom stereocenters. The van der Waals surface area contributed by atoms with Crippen molar-refractivity contribution < 1.29 is 14.6 Å². The van der Waals surface area contributed by atoms with E-state index in [2.05, 4.69) is 17.6 Å². The first-order valence-electron chi connectivity index (χ1n) is 6.38. The molecule has 21 heavy (non-hydrogen) atoms. The van der Waals surface area contributed by atoms with Crippen molar-refractivity contribution in [3.63, 3.8) is 0 Å². The van der Waals surface area contributed by atoms with Crippen LogP contribution >= 0.6 is 12.6 Å². The lowest BCUT2D eigenvalue weighted by Gasteiger charge is -2.09. The summed E-state index contributed by atoms with van der Waals surface area (Å²) in [7, 11) is 0. The number of carbonyl (C=O) groups is 1. The zero-order valence-electron chi connectivity index (χ0n) is 11.4. The zero-order chi connectivity index (χ0) is 15.2. The van der Waals surface area contributed by atoms with E-state index in [-0.39, 0.29) is 0 Å². The molecule has 0 spiro atoms. The van der Waals surface area contributed by atoms with Crippen LogP contribution in [0.2, 0.25) is 0 Å². The van der Waals surface area contributed by atoms with E-state index in [1.165, 1.54) is 6.92 Å². The van der Waals surface area contributed by atoms with Crippen LogP contribution in [0.1, 0.15) is 12.5 Å². The van der Waals surface area contributed by atoms with Crippen molar-refractivity contribution in [3.8, 4) is 5.75 Å². The highest BCUT2D eigenvalue weighted by molar-refractivity contribution is 7.80. The van der Waals surface area contributed by atoms with E-state index in [0.717, 1.165) is 16.1 Å². The standard InChI is InChI=1S/C16H15NO3S/c1-11(16(18)19)20-13-8-6-12(7-9-13)10-17-14-4-2-3-5-15(14)21/h2-11,21H,1H3,(H,18,19)/t11-/m0/s1. The number of carboxylic acids is 1. The predicted octanol–water partition coefficient (Wildman–Crippen LogP) is 3.58. The summed E-state index contributed by atoms with van der Waals surface area (Å²) < 4.78 is 5.26. The van der Waals surface area contributed by atoms with E-state index in [1.54, 1.807) is 18.3 Å². The maximum atomic E-state index is 10.7. The topological polar surface area (TPSA) is 58.9 Å². The first-order valence-corrected chi connectivity index (χ1v) is 6.82. The number of thiol groups is 1. The lowest BCUT2D eigenvalue weighted by atomic mass is 10.2. The fraction of sp³-hybridized carbons (Fsp3) is 0.125. The quantitative estimate of drug-likeness (QED) is 0.655. The molecule has 0 radical (unpaired) electrons. The molecule has 0 amide bonds. The van der Waals surface area contributed by atoms with Crippen molar-refractivity contribution >= 4 is 30.5 Å². The number of benzene rings is 2. The van der Waals surface area contributed by atoms with Crippen LogP contribution in [-0.4, -0.2) is 23.4 Å². The Labute approximate surface area is 128 Å². The molecule has 0 unspecified atom stereocenters. The van der Waals surface area contributed by atoms with E-state index >= 15 is 0 Å². The lowest BCUT2D eigenvalue weighted by molar-refractivity contribution is -0.144. The van der Waals surface area contributed by atoms with Crippen LogP contribution in [-0.2, 0) is 4.79 Å². The maximum Gasteiger partial charge on any atom is 0.344 e. The predicted molar refractivity (Wildman–Crippen MR) is 85.1 cm³/mol. The Balaban J connectivity index is 2.06. The number of ether oxygens (including phenoxy) is 1. The minimum absolute atomic E-state index is 0.511. The molecule has 0 saturated carbocycles. The van der Waals surface area contributed by atoms with Gasteiger partial charge in [0.2, 0.25) is 0 Å². The third-order valence-electron chi connectivity index (χ3n) is 2.78. The fourth-order valence-electron chi connectivity index (χ4n) is 1.60. The van der Waals surface area contributed by atoms with Gasteiger partial charge in [-0.15, -0.1) is 12.6 Å². The number of hydrogen-bond acceptors (Lipinski definition) is 4. The molecular formula is C16H15NO3S. The van der Waals surface area contributed by atoms with Gasteiger partial charge < -0.3 is 9.84 Å². The van der Waals surface area contributed by atoms with E-state index in [0.29, 0.717) is 5.75 Å². The minimum atomic E-state index is -0.994. The normalized spacial score (nSPS) is 12.3. The molecule has 0 fully saturated rings. The van der Waals surface area contributed by atoms with Gasteiger partial charge in [0.1, 0.15) is 5.75 Å². The van der Waals surface area contributed by atoms with Crippen molar-refractivity contribution in [1.82, 2.24) is 0 Å². The van der Waals surface area contributed by atoms with E-state index in [9.17, 15) is 4.79 Å². The molecule has 2 rings (SSSR count). The molecule has 4 nitrogen and oxygen atoms in total. The number of hydrogen-bond donors (Lipinski definition) is 2. The number of rotatable bonds is 5. The summed E-state index contributed by atoms with van der Waals surface area (Å²) in [5, 5.41) is 8.78. The lowest BCUT2D eigenvalue weighted by Crippen LogP contribution is -2.22. The molecule has 0 heterocycles. The summed E-state index contributed by atoms with van der Waals surface area (Å²) in [4.78, 5) is 15.9. The Morgan fingerprint density at radius 1 is 1.24 bits per heavy atom. The van der Waals surface area contributed by atoms with Gasteiger partial charge in [-0.25, -0.2) is 4.79 Å². The van der Waals surface area contributed by atoms with Crippen LogP contribution < -0.4 is 4.74 Å². The first kappa shape index (κ1) is 15.1. The third kappa shape index (κ3) is 4.36. The highest BCUT2D eigenvalue weighted by Crippen LogP contribution is 2.22. The largest absolute Gasteiger partial charge is 0.479 e. The highest BCUT2D eigenvalue weighted by atomic mass is 32.1. The van der Waals surface area contributed by atoms with Gasteiger partial charge in [-0.3, -0.25) is 4.99 Å². The average Bonchev–Trinajstić information content (AvgIpc) is 2.48. The molecule has 1 N–H and O–H groups in total. The van der Waals surface area contributed by atoms with Gasteiger partial charge in [0.15, 0.2) is 6.10 Å². The van der Waals surface area contributed by atoms with Gasteiger partial charge in [-0.1, -0.05) is 12.1 Å². The molecule has 0 aliphatic rings. The van der Waals surface area contributed by atoms with Crippen LogP contribution in [0.15, 0.2) is 58.4 Å². The van der Waals surface area contributed by atoms with E-state index in [4.69, 9.17) is 9.84 Å². The molecule has 0 aliphatic carbocycles. The van der Waals surface area contributed by atoms with Gasteiger partial charge >= 0.3 is 5.97 Å². The van der Waals surface area contributed by atoms with Crippen LogP contribution in [0.5, 0.6) is 5.75 Å². The number of aliphatic carboxylic acids is 1. The van der Waals surface area contributed by atoms with Crippen molar-refractivity contribution in [3.05, 3.63) is 54.1 Å². The molecule has 0 aliphatic heterocycles. The van der Waals surface area contributed by atoms with Crippen molar-refractivity contribution in [1.29, 1.82) is 0 Å². The second-order valence-corrected chi connectivity index (χ2v) is 4.90. The number of aliphatic imine (C=N–C) groups is 1. The summed E-state index contributed by atoms with van der Waals surface area (Å²) in [5.74, 6) is -0.484. The molecule has 108 valence electrons. The van der Waals surface area contributed by atoms with Crippen molar-refractivity contribution in [2.75, 3.05) is 0 Å². The highest BCUT2D eigenvalue weighted by Gasteiger charge is 2.11. The van der Waals surface area contributed by atoms with Gasteiger partial charge in [0.25, 0.3) is 0 Å². The smallest absolute Gasteiger partial charge is 0.344 e. The average molecular weight is 301 g/mol. The summed E-state index contributed by atoms with van der Waals surface area (Å²) in [6, 6.07) is 14.6. The second kappa shape index (κ2) is 6.95. The Bertz CT molecular complexity index is 653. The molecule has 0 aromatic heterocycles. The third-order valence-corrected chi connectivity index (χ3v) is 3.15. The van der Waals surface area contributed by atoms with Crippen LogP contribution in [0.25, 0.3) is 0 Å². The van der Waals surface area contributed by atoms with Crippen LogP contribution in [0.4, 0.5) is 5.69 Å². The molecule has 0 saturated heterocycles. The SMILES string of the molecule is C[C@H](Oc1ccc(C=Nc2ccccc2S)cc1)C(=O)O. The maximum absolute atomic E-state index is 10.7. The number of para-hydroxylation sites is 1. The number of nitrogens with zero attached hydrogens (tertiary/aromatic N) is 1. The molecule has 2 aromatic rings. The molecular weight excluding hydrogens is 286 g/mol. The number of carboxylic acid groups (broad SMARTS) is 1. The van der Waals surface area contributed by atoms with Gasteiger partial charge in [0, 0.05) is 11.1 Å². The van der Waals surface area contributed by atoms with E-state index in [1.807, 2.05) is 36.4 Å². The second-order valence-electron chi connectivity index (χ2n) is 4.41. The van der Waals surface area contributed by atoms with Gasteiger partial charge in [-0.05, 0) is 48.9 Å². The first-order chi connectivity index (χ1) is 10.1. The zero-order valence-corrected chi connectivity index (χ0v) is 12.3. The van der Waals surface area contributed by atoms with Gasteiger partial charge in [0.05, 0.1) is 5.69 Å². The minimum Gasteiger partial charge on any atom is -0.479 e. The summed E-state index contributed by atoms with van der Waals surface area (Å²) in [6.45, 7) is 1.49. The Kier molecular flexibility index (Phi) is 5.00. The Hall–Kier alpha value is -2.27. The summed E-state index contributed by atoms with van der Waals surface area (Å²) in [6.07, 6.45) is 0.847. The van der Waals surface area contributed by atoms with Crippen LogP contribution in [0.3, 0.4) is 0 Å². The van der Waals surface area contributed by atoms with Crippen LogP contribution in [0, 0.1) is 0 Å². The Morgan fingerprint density at radius 2 is 1.90 bits per heavy atom. The molecule has 2 aromatic carbocycles.